The Hall–Kier alpha value is -13.0. The van der Waals surface area contributed by atoms with Crippen LogP contribution in [0.3, 0.4) is 0 Å². The zero-order valence-corrected chi connectivity index (χ0v) is 55.0. The van der Waals surface area contributed by atoms with E-state index in [0.29, 0.717) is 101 Å². The summed E-state index contributed by atoms with van der Waals surface area (Å²) in [5, 5.41) is 71.9. The lowest BCUT2D eigenvalue weighted by molar-refractivity contribution is 0.0691. The van der Waals surface area contributed by atoms with Crippen LogP contribution in [-0.2, 0) is 27.2 Å². The molecule has 0 saturated carbocycles. The maximum absolute atomic E-state index is 13.6. The number of pyridine rings is 4. The first-order valence-electron chi connectivity index (χ1n) is 30.9. The number of aromatic nitrogens is 12. The molecule has 548 valence electrons. The molecule has 0 atom stereocenters. The van der Waals surface area contributed by atoms with E-state index in [4.69, 9.17) is 53.9 Å². The molecule has 0 unspecified atom stereocenters. The third-order valence-electron chi connectivity index (χ3n) is 14.1. The van der Waals surface area contributed by atoms with Crippen LogP contribution in [0.5, 0.6) is 0 Å². The summed E-state index contributed by atoms with van der Waals surface area (Å²) in [5.41, 5.74) is 33.1. The summed E-state index contributed by atoms with van der Waals surface area (Å²) in [6.07, 6.45) is 9.65. The second-order valence-electron chi connectivity index (χ2n) is 21.0. The molecule has 0 aliphatic rings. The van der Waals surface area contributed by atoms with E-state index in [1.54, 1.807) is 85.8 Å². The van der Waals surface area contributed by atoms with Gasteiger partial charge in [-0.25, -0.2) is 57.8 Å². The molecule has 8 aromatic heterocycles. The van der Waals surface area contributed by atoms with Crippen LogP contribution in [0, 0.1) is 40.1 Å². The average Bonchev–Trinajstić information content (AvgIpc) is 1.74. The van der Waals surface area contributed by atoms with Gasteiger partial charge in [-0.05, 0) is 121 Å². The van der Waals surface area contributed by atoms with E-state index >= 15 is 0 Å². The normalized spacial score (nSPS) is 9.99. The van der Waals surface area contributed by atoms with Gasteiger partial charge in [0.15, 0.2) is 40.2 Å². The number of hydrogen-bond donors (Lipinski definition) is 13. The van der Waals surface area contributed by atoms with Crippen LogP contribution in [0.15, 0.2) is 171 Å². The predicted octanol–water partition coefficient (Wildman–Crippen LogP) is 8.50. The zero-order chi connectivity index (χ0) is 73.5. The number of hydrogen-bond acceptors (Lipinski definition) is 25. The minimum atomic E-state index is -1.27. The summed E-state index contributed by atoms with van der Waals surface area (Å²) in [6, 6.07) is 39.6. The summed E-state index contributed by atoms with van der Waals surface area (Å²) < 4.78 is 43.0. The van der Waals surface area contributed by atoms with Crippen molar-refractivity contribution in [1.82, 2.24) is 64.3 Å². The van der Waals surface area contributed by atoms with Gasteiger partial charge in [-0.1, -0.05) is 34.4 Å². The number of carbonyl (C=O) groups excluding carboxylic acids is 1. The number of rotatable bonds is 19. The van der Waals surface area contributed by atoms with Crippen molar-refractivity contribution in [3.63, 3.8) is 0 Å². The number of anilines is 5. The Bertz CT molecular complexity index is 4840. The summed E-state index contributed by atoms with van der Waals surface area (Å²) in [6.45, 7) is 2.40. The number of nitriles is 2. The Morgan fingerprint density at radius 2 is 0.886 bits per heavy atom. The first-order chi connectivity index (χ1) is 49.4. The Labute approximate surface area is 603 Å². The topological polar surface area (TPSA) is 474 Å². The molecule has 0 fully saturated rings. The first-order valence-corrected chi connectivity index (χ1v) is 30.9. The number of carboxylic acids is 1. The standard InChI is InChI=1S/C27H25FN8O2.C19H14FN5O2.C8H13N3O.C8H9N3O.C6H3FN2.C2H7NO.3CH4/c1-36-15-33-20-9-6-17(13-22(20)36)24-23(16-4-7-18(28)8-5-16)35-26(29)25(34-24)27(38)32-14-21-19(31-11-12-37)3-2-10-30-21;1-25-9-22-13-7-4-11(8-14(13)25)16-15(10-2-5-12(20)6-3-10)24-18(21)17(23-16)19(26)27;2*9-6-8-7(11-4-5-12)2-1-3-10-8;7-5-2-1-3-9-6(5)4-8;3-1-2-4;;;/h2-10,13,15,31,37H,11-12,14H2,1H3,(H2,29,35)(H,32,38);2-9H,1H3,(H2,21,24)(H,26,27);1-3,11-12H,4-6,9H2;1-3,11-12H,4-5H2;1-3H;4H,1-3H2;3*1H4. The van der Waals surface area contributed by atoms with Crippen molar-refractivity contribution < 1.29 is 48.3 Å². The first kappa shape index (κ1) is 84.5. The van der Waals surface area contributed by atoms with Gasteiger partial charge in [0.25, 0.3) is 5.91 Å². The Morgan fingerprint density at radius 3 is 1.31 bits per heavy atom. The molecule has 0 spiro atoms. The summed E-state index contributed by atoms with van der Waals surface area (Å²) >= 11 is 0. The Balaban J connectivity index is 0.000000301. The molecule has 12 aromatic rings. The number of carboxylic acid groups (broad SMARTS) is 1. The highest BCUT2D eigenvalue weighted by Crippen LogP contribution is 2.35. The number of fused-ring (bicyclic) bond motifs is 2. The SMILES string of the molecule is C.C.C.Cn1cnc2ccc(-c3nc(C(=O)NCc4ncccc4NCCO)c(N)nc3-c3ccc(F)cc3)cc21.Cn1cnc2ccc(-c3nc(C(=O)O)c(N)nc3-c3ccc(F)cc3)cc21.N#Cc1ncccc1F.N#Cc1ncccc1NCCO.NCCO.NCc1ncccc1NCCO. The molecule has 17 N–H and O–H groups in total. The number of aliphatic hydroxyl groups is 4. The average molecular weight is 1440 g/mol. The predicted molar refractivity (Wildman–Crippen MR) is 399 cm³/mol. The van der Waals surface area contributed by atoms with Crippen LogP contribution in [0.2, 0.25) is 0 Å². The van der Waals surface area contributed by atoms with Crippen molar-refractivity contribution in [3.8, 4) is 57.2 Å². The molecule has 32 heteroatoms. The number of imidazole rings is 2. The fourth-order valence-electron chi connectivity index (χ4n) is 9.21. The highest BCUT2D eigenvalue weighted by Gasteiger charge is 2.23. The van der Waals surface area contributed by atoms with Crippen molar-refractivity contribution >= 4 is 62.6 Å². The van der Waals surface area contributed by atoms with E-state index in [2.05, 4.69) is 71.1 Å². The number of nitrogen functional groups attached to an aromatic ring is 2. The van der Waals surface area contributed by atoms with E-state index < -0.39 is 17.7 Å². The molecular weight excluding hydrogens is 1350 g/mol. The highest BCUT2D eigenvalue weighted by molar-refractivity contribution is 5.98. The van der Waals surface area contributed by atoms with Crippen LogP contribution in [0.4, 0.5) is 41.9 Å². The van der Waals surface area contributed by atoms with Crippen molar-refractivity contribution in [2.45, 2.75) is 35.4 Å². The van der Waals surface area contributed by atoms with Gasteiger partial charge in [0.05, 0.1) is 119 Å². The molecule has 29 nitrogen and oxygen atoms in total. The van der Waals surface area contributed by atoms with Gasteiger partial charge in [0.2, 0.25) is 0 Å². The second-order valence-corrected chi connectivity index (χ2v) is 21.0. The molecule has 105 heavy (non-hydrogen) atoms. The third kappa shape index (κ3) is 23.6. The minimum absolute atomic E-state index is 0. The third-order valence-corrected chi connectivity index (χ3v) is 14.1. The minimum Gasteiger partial charge on any atom is -0.476 e. The number of nitrogens with zero attached hydrogens (tertiary/aromatic N) is 14. The molecule has 0 bridgehead atoms. The highest BCUT2D eigenvalue weighted by atomic mass is 19.1. The van der Waals surface area contributed by atoms with Crippen molar-refractivity contribution in [2.24, 2.45) is 25.6 Å². The molecule has 0 radical (unpaired) electrons. The molecule has 4 aromatic carbocycles. The maximum atomic E-state index is 13.6. The molecule has 12 rings (SSSR count). The lowest BCUT2D eigenvalue weighted by Gasteiger charge is -2.14. The van der Waals surface area contributed by atoms with E-state index in [9.17, 15) is 27.9 Å². The van der Waals surface area contributed by atoms with Crippen LogP contribution in [0.1, 0.15) is 66.0 Å². The van der Waals surface area contributed by atoms with Crippen LogP contribution in [-0.4, -0.2) is 149 Å². The summed E-state index contributed by atoms with van der Waals surface area (Å²) in [7, 11) is 3.74. The lowest BCUT2D eigenvalue weighted by Crippen LogP contribution is -2.27. The number of carbonyl (C=O) groups is 2. The van der Waals surface area contributed by atoms with Crippen LogP contribution < -0.4 is 44.2 Å². The fraction of sp³-hybridized carbons (Fsp3) is 0.205. The van der Waals surface area contributed by atoms with Gasteiger partial charge in [-0.2, -0.15) is 10.5 Å². The summed E-state index contributed by atoms with van der Waals surface area (Å²) in [5.74, 6) is -3.40. The number of aryl methyl sites for hydroxylation is 2. The molecule has 0 aliphatic heterocycles. The van der Waals surface area contributed by atoms with Crippen molar-refractivity contribution in [1.29, 1.82) is 10.5 Å². The number of nitrogens with one attached hydrogen (secondary N) is 4. The molecule has 1 amide bonds. The van der Waals surface area contributed by atoms with Gasteiger partial charge in [-0.15, -0.1) is 0 Å². The quantitative estimate of drug-likeness (QED) is 0.0360. The van der Waals surface area contributed by atoms with Crippen LogP contribution >= 0.6 is 0 Å². The fourth-order valence-corrected chi connectivity index (χ4v) is 9.21. The Morgan fingerprint density at radius 1 is 0.495 bits per heavy atom. The van der Waals surface area contributed by atoms with Crippen molar-refractivity contribution in [2.75, 3.05) is 80.0 Å². The smallest absolute Gasteiger partial charge is 0.358 e. The van der Waals surface area contributed by atoms with E-state index in [1.807, 2.05) is 77.8 Å². The monoisotopic (exact) mass is 1440 g/mol. The number of benzene rings is 4. The van der Waals surface area contributed by atoms with E-state index in [-0.39, 0.29) is 95.6 Å². The van der Waals surface area contributed by atoms with E-state index in [0.717, 1.165) is 33.4 Å². The van der Waals surface area contributed by atoms with Crippen molar-refractivity contribution in [3.05, 3.63) is 223 Å². The number of aliphatic hydroxyl groups excluding tert-OH is 4. The second kappa shape index (κ2) is 43.0. The van der Waals surface area contributed by atoms with E-state index in [1.165, 1.54) is 42.6 Å². The van der Waals surface area contributed by atoms with Crippen LogP contribution in [0.25, 0.3) is 67.1 Å². The molecular formula is C73H83F3N22O7. The van der Waals surface area contributed by atoms with Gasteiger partial charge in [-0.3, -0.25) is 14.8 Å². The van der Waals surface area contributed by atoms with Gasteiger partial charge >= 0.3 is 5.97 Å². The number of halogens is 3. The number of amides is 1. The molecule has 0 saturated heterocycles. The van der Waals surface area contributed by atoms with Gasteiger partial charge < -0.3 is 78.9 Å². The number of nitrogens with two attached hydrogens (primary N) is 4. The largest absolute Gasteiger partial charge is 0.476 e. The molecule has 8 heterocycles. The van der Waals surface area contributed by atoms with Gasteiger partial charge in [0, 0.05) is 93.9 Å². The summed E-state index contributed by atoms with van der Waals surface area (Å²) in [4.78, 5) is 66.7. The number of aromatic carboxylic acids is 1. The van der Waals surface area contributed by atoms with Gasteiger partial charge in [0.1, 0.15) is 23.8 Å². The zero-order valence-electron chi connectivity index (χ0n) is 55.0. The molecule has 0 aliphatic carbocycles. The lowest BCUT2D eigenvalue weighted by atomic mass is 10.0. The Kier molecular flexibility index (Phi) is 34.6. The maximum Gasteiger partial charge on any atom is 0.358 e.